The summed E-state index contributed by atoms with van der Waals surface area (Å²) < 4.78 is 5.20. The first-order valence-electron chi connectivity index (χ1n) is 7.20. The lowest BCUT2D eigenvalue weighted by Crippen LogP contribution is -2.42. The lowest BCUT2D eigenvalue weighted by atomic mass is 10.1. The Kier molecular flexibility index (Phi) is 4.81. The van der Waals surface area contributed by atoms with E-state index in [0.29, 0.717) is 21.9 Å². The Morgan fingerprint density at radius 1 is 0.913 bits per heavy atom. The lowest BCUT2D eigenvalue weighted by molar-refractivity contribution is 0.0615. The van der Waals surface area contributed by atoms with Crippen LogP contribution in [0.3, 0.4) is 0 Å². The van der Waals surface area contributed by atoms with Crippen molar-refractivity contribution in [2.75, 3.05) is 7.11 Å². The van der Waals surface area contributed by atoms with Gasteiger partial charge in [0, 0.05) is 11.1 Å². The van der Waals surface area contributed by atoms with Gasteiger partial charge in [-0.05, 0) is 50.6 Å². The van der Waals surface area contributed by atoms with Gasteiger partial charge in [-0.15, -0.1) is 0 Å². The Morgan fingerprint density at radius 2 is 1.48 bits per heavy atom. The number of hydrogen-bond donors (Lipinski definition) is 1. The zero-order chi connectivity index (χ0) is 17.1. The van der Waals surface area contributed by atoms with Gasteiger partial charge in [-0.2, -0.15) is 0 Å². The van der Waals surface area contributed by atoms with Gasteiger partial charge in [-0.1, -0.05) is 23.3 Å². The summed E-state index contributed by atoms with van der Waals surface area (Å²) in [7, 11) is 1.53. The quantitative estimate of drug-likeness (QED) is 0.409. The number of carbonyl (C=O) groups excluding carboxylic acids is 2. The third-order valence-corrected chi connectivity index (χ3v) is 3.56. The molecule has 5 heteroatoms. The second-order valence-corrected chi connectivity index (χ2v) is 5.54. The molecule has 2 aromatic carbocycles. The van der Waals surface area contributed by atoms with Crippen LogP contribution in [0.15, 0.2) is 36.4 Å². The fraction of sp³-hybridized carbons (Fsp3) is 0.222. The van der Waals surface area contributed by atoms with Crippen LogP contribution in [0.25, 0.3) is 0 Å². The summed E-state index contributed by atoms with van der Waals surface area (Å²) in [6.45, 7) is 5.64. The maximum atomic E-state index is 12.4. The summed E-state index contributed by atoms with van der Waals surface area (Å²) in [6, 6.07) is 10.3. The molecule has 2 aromatic rings. The Hall–Kier alpha value is -2.66. The van der Waals surface area contributed by atoms with E-state index in [4.69, 9.17) is 10.6 Å². The molecule has 0 aliphatic carbocycles. The first-order valence-corrected chi connectivity index (χ1v) is 7.20. The van der Waals surface area contributed by atoms with E-state index in [1.807, 2.05) is 26.8 Å². The third-order valence-electron chi connectivity index (χ3n) is 3.56. The molecule has 0 saturated heterocycles. The van der Waals surface area contributed by atoms with Crippen LogP contribution in [0.1, 0.15) is 37.4 Å². The first kappa shape index (κ1) is 16.7. The predicted octanol–water partition coefficient (Wildman–Crippen LogP) is 2.78. The summed E-state index contributed by atoms with van der Waals surface area (Å²) in [5.74, 6) is 5.20. The van der Waals surface area contributed by atoms with Crippen molar-refractivity contribution >= 4 is 11.8 Å². The van der Waals surface area contributed by atoms with Gasteiger partial charge < -0.3 is 4.74 Å². The number of rotatable bonds is 3. The van der Waals surface area contributed by atoms with Crippen LogP contribution in [-0.2, 0) is 0 Å². The first-order chi connectivity index (χ1) is 10.8. The topological polar surface area (TPSA) is 72.6 Å². The highest BCUT2D eigenvalue weighted by atomic mass is 16.5. The van der Waals surface area contributed by atoms with Crippen molar-refractivity contribution in [3.05, 3.63) is 64.2 Å². The monoisotopic (exact) mass is 312 g/mol. The van der Waals surface area contributed by atoms with Gasteiger partial charge >= 0.3 is 0 Å². The molecule has 0 saturated carbocycles. The van der Waals surface area contributed by atoms with Gasteiger partial charge in [-0.25, -0.2) is 10.9 Å². The molecule has 2 amide bonds. The van der Waals surface area contributed by atoms with E-state index in [1.54, 1.807) is 30.3 Å². The number of hydrazine groups is 1. The highest BCUT2D eigenvalue weighted by molar-refractivity contribution is 6.10. The van der Waals surface area contributed by atoms with Gasteiger partial charge in [0.25, 0.3) is 11.8 Å². The zero-order valence-electron chi connectivity index (χ0n) is 13.7. The van der Waals surface area contributed by atoms with Crippen LogP contribution in [0, 0.1) is 20.8 Å². The fourth-order valence-electron chi connectivity index (χ4n) is 2.42. The molecular formula is C18H20N2O3. The van der Waals surface area contributed by atoms with Crippen molar-refractivity contribution in [2.24, 2.45) is 5.84 Å². The molecule has 0 atom stereocenters. The number of nitrogens with two attached hydrogens (primary N) is 1. The third kappa shape index (κ3) is 3.57. The van der Waals surface area contributed by atoms with E-state index in [0.717, 1.165) is 16.7 Å². The van der Waals surface area contributed by atoms with Crippen molar-refractivity contribution in [3.8, 4) is 5.75 Å². The normalized spacial score (nSPS) is 10.3. The highest BCUT2D eigenvalue weighted by Gasteiger charge is 2.22. The number of benzene rings is 2. The smallest absolute Gasteiger partial charge is 0.275 e. The van der Waals surface area contributed by atoms with Crippen molar-refractivity contribution in [2.45, 2.75) is 20.8 Å². The standard InChI is InChI=1S/C18H20N2O3/c1-11-7-12(2)9-15(8-11)18(22)20(19)17(21)14-6-5-13(3)16(10-14)23-4/h5-10H,19H2,1-4H3. The number of methoxy groups -OCH3 is 1. The number of amides is 2. The predicted molar refractivity (Wildman–Crippen MR) is 88.3 cm³/mol. The molecule has 120 valence electrons. The average molecular weight is 312 g/mol. The zero-order valence-corrected chi connectivity index (χ0v) is 13.7. The molecule has 2 rings (SSSR count). The van der Waals surface area contributed by atoms with Crippen LogP contribution < -0.4 is 10.6 Å². The number of nitrogens with zero attached hydrogens (tertiary/aromatic N) is 1. The Labute approximate surface area is 135 Å². The molecule has 0 radical (unpaired) electrons. The Balaban J connectivity index is 2.30. The molecule has 0 aliphatic rings. The molecule has 0 fully saturated rings. The summed E-state index contributed by atoms with van der Waals surface area (Å²) >= 11 is 0. The van der Waals surface area contributed by atoms with Crippen molar-refractivity contribution in [1.29, 1.82) is 0 Å². The van der Waals surface area contributed by atoms with Crippen molar-refractivity contribution in [3.63, 3.8) is 0 Å². The molecule has 2 N–H and O–H groups in total. The van der Waals surface area contributed by atoms with Crippen LogP contribution in [0.5, 0.6) is 5.75 Å². The summed E-state index contributed by atoms with van der Waals surface area (Å²) in [6.07, 6.45) is 0. The summed E-state index contributed by atoms with van der Waals surface area (Å²) in [4.78, 5) is 24.9. The minimum atomic E-state index is -0.576. The van der Waals surface area contributed by atoms with E-state index < -0.39 is 11.8 Å². The number of aryl methyl sites for hydroxylation is 3. The second kappa shape index (κ2) is 6.62. The molecule has 0 aromatic heterocycles. The van der Waals surface area contributed by atoms with E-state index in [1.165, 1.54) is 7.11 Å². The molecule has 0 aliphatic heterocycles. The summed E-state index contributed by atoms with van der Waals surface area (Å²) in [5.41, 5.74) is 3.45. The maximum absolute atomic E-state index is 12.4. The van der Waals surface area contributed by atoms with Crippen LogP contribution in [0.4, 0.5) is 0 Å². The fourth-order valence-corrected chi connectivity index (χ4v) is 2.42. The average Bonchev–Trinajstić information content (AvgIpc) is 2.52. The molecule has 0 bridgehead atoms. The number of carbonyl (C=O) groups is 2. The van der Waals surface area contributed by atoms with Gasteiger partial charge in [0.1, 0.15) is 5.75 Å². The largest absolute Gasteiger partial charge is 0.496 e. The molecule has 23 heavy (non-hydrogen) atoms. The van der Waals surface area contributed by atoms with Gasteiger partial charge in [0.05, 0.1) is 7.11 Å². The second-order valence-electron chi connectivity index (χ2n) is 5.54. The molecule has 0 spiro atoms. The molecule has 0 heterocycles. The van der Waals surface area contributed by atoms with Gasteiger partial charge in [0.15, 0.2) is 0 Å². The van der Waals surface area contributed by atoms with Crippen LogP contribution >= 0.6 is 0 Å². The van der Waals surface area contributed by atoms with Gasteiger partial charge in [-0.3, -0.25) is 9.59 Å². The van der Waals surface area contributed by atoms with E-state index in [2.05, 4.69) is 0 Å². The van der Waals surface area contributed by atoms with Gasteiger partial charge in [0.2, 0.25) is 0 Å². The number of hydrogen-bond acceptors (Lipinski definition) is 4. The van der Waals surface area contributed by atoms with Crippen molar-refractivity contribution < 1.29 is 14.3 Å². The van der Waals surface area contributed by atoms with E-state index in [9.17, 15) is 9.59 Å². The maximum Gasteiger partial charge on any atom is 0.275 e. The number of imide groups is 1. The summed E-state index contributed by atoms with van der Waals surface area (Å²) in [5, 5.41) is 0.637. The van der Waals surface area contributed by atoms with Crippen LogP contribution in [0.2, 0.25) is 0 Å². The van der Waals surface area contributed by atoms with E-state index in [-0.39, 0.29) is 0 Å². The molecule has 0 unspecified atom stereocenters. The Bertz CT molecular complexity index is 749. The number of ether oxygens (including phenoxy) is 1. The van der Waals surface area contributed by atoms with Crippen molar-refractivity contribution in [1.82, 2.24) is 5.01 Å². The Morgan fingerprint density at radius 3 is 2.04 bits per heavy atom. The SMILES string of the molecule is COc1cc(C(=O)N(N)C(=O)c2cc(C)cc(C)c2)ccc1C. The minimum absolute atomic E-state index is 0.299. The van der Waals surface area contributed by atoms with Crippen LogP contribution in [-0.4, -0.2) is 23.9 Å². The molecular weight excluding hydrogens is 292 g/mol. The lowest BCUT2D eigenvalue weighted by Gasteiger charge is -2.16. The van der Waals surface area contributed by atoms with E-state index >= 15 is 0 Å². The highest BCUT2D eigenvalue weighted by Crippen LogP contribution is 2.20. The minimum Gasteiger partial charge on any atom is -0.496 e. The molecule has 5 nitrogen and oxygen atoms in total.